The first kappa shape index (κ1) is 14.7. The molecule has 4 heteroatoms. The van der Waals surface area contributed by atoms with Crippen molar-refractivity contribution in [2.24, 2.45) is 0 Å². The number of nitrogens with one attached hydrogen (secondary N) is 1. The Morgan fingerprint density at radius 3 is 2.47 bits per heavy atom. The van der Waals surface area contributed by atoms with Gasteiger partial charge >= 0.3 is 0 Å². The summed E-state index contributed by atoms with van der Waals surface area (Å²) in [5, 5.41) is 3.53. The summed E-state index contributed by atoms with van der Waals surface area (Å²) >= 11 is 5.12. The second kappa shape index (κ2) is 7.17. The van der Waals surface area contributed by atoms with Gasteiger partial charge in [0.2, 0.25) is 0 Å². The molecule has 0 aliphatic carbocycles. The van der Waals surface area contributed by atoms with E-state index in [0.29, 0.717) is 0 Å². The van der Waals surface area contributed by atoms with Crippen molar-refractivity contribution >= 4 is 27.7 Å². The van der Waals surface area contributed by atoms with Crippen molar-refractivity contribution in [3.05, 3.63) is 52.4 Å². The molecule has 2 aromatic rings. The van der Waals surface area contributed by atoms with Crippen molar-refractivity contribution in [3.63, 3.8) is 0 Å². The molecule has 1 unspecified atom stereocenters. The van der Waals surface area contributed by atoms with Crippen molar-refractivity contribution in [2.45, 2.75) is 24.3 Å². The summed E-state index contributed by atoms with van der Waals surface area (Å²) in [6.07, 6.45) is 3.19. The van der Waals surface area contributed by atoms with E-state index in [1.807, 2.05) is 12.1 Å². The van der Waals surface area contributed by atoms with Gasteiger partial charge in [-0.3, -0.25) is 0 Å². The van der Waals surface area contributed by atoms with Crippen LogP contribution in [-0.2, 0) is 0 Å². The van der Waals surface area contributed by atoms with Gasteiger partial charge in [0.05, 0.1) is 6.04 Å². The van der Waals surface area contributed by atoms with Crippen LogP contribution in [-0.4, -0.2) is 12.8 Å². The molecule has 0 aliphatic heterocycles. The lowest BCUT2D eigenvalue weighted by Gasteiger charge is -2.17. The molecule has 19 heavy (non-hydrogen) atoms. The van der Waals surface area contributed by atoms with E-state index in [4.69, 9.17) is 4.42 Å². The van der Waals surface area contributed by atoms with Crippen LogP contribution in [0, 0.1) is 0 Å². The summed E-state index contributed by atoms with van der Waals surface area (Å²) in [6.45, 7) is 3.13. The van der Waals surface area contributed by atoms with E-state index >= 15 is 0 Å². The van der Waals surface area contributed by atoms with Gasteiger partial charge in [-0.1, -0.05) is 19.1 Å². The molecule has 0 radical (unpaired) electrons. The van der Waals surface area contributed by atoms with E-state index in [-0.39, 0.29) is 6.04 Å². The number of furan rings is 1. The molecule has 1 aromatic heterocycles. The second-order valence-corrected chi connectivity index (χ2v) is 5.96. The number of hydrogen-bond donors (Lipinski definition) is 1. The molecule has 102 valence electrons. The molecule has 0 saturated carbocycles. The van der Waals surface area contributed by atoms with Crippen LogP contribution in [0.15, 0.2) is 50.4 Å². The highest BCUT2D eigenvalue weighted by molar-refractivity contribution is 9.10. The maximum Gasteiger partial charge on any atom is 0.169 e. The van der Waals surface area contributed by atoms with Gasteiger partial charge in [-0.2, -0.15) is 0 Å². The van der Waals surface area contributed by atoms with E-state index in [9.17, 15) is 0 Å². The zero-order valence-corrected chi connectivity index (χ0v) is 13.6. The van der Waals surface area contributed by atoms with Crippen molar-refractivity contribution < 1.29 is 4.42 Å². The maximum atomic E-state index is 5.70. The predicted molar refractivity (Wildman–Crippen MR) is 84.8 cm³/mol. The van der Waals surface area contributed by atoms with Gasteiger partial charge in [-0.05, 0) is 65.0 Å². The minimum Gasteiger partial charge on any atom is -0.452 e. The summed E-state index contributed by atoms with van der Waals surface area (Å²) in [7, 11) is 0. The topological polar surface area (TPSA) is 25.2 Å². The predicted octanol–water partition coefficient (Wildman–Crippen LogP) is 4.85. The molecule has 1 atom stereocenters. The van der Waals surface area contributed by atoms with Crippen LogP contribution in [0.4, 0.5) is 0 Å². The number of halogens is 1. The van der Waals surface area contributed by atoms with Gasteiger partial charge in [0.15, 0.2) is 4.67 Å². The zero-order chi connectivity index (χ0) is 13.7. The molecule has 1 N–H and O–H groups in total. The van der Waals surface area contributed by atoms with Crippen LogP contribution < -0.4 is 5.32 Å². The largest absolute Gasteiger partial charge is 0.452 e. The van der Waals surface area contributed by atoms with Crippen molar-refractivity contribution in [1.29, 1.82) is 0 Å². The summed E-state index contributed by atoms with van der Waals surface area (Å²) in [6, 6.07) is 12.7. The van der Waals surface area contributed by atoms with Crippen LogP contribution >= 0.6 is 27.7 Å². The highest BCUT2D eigenvalue weighted by atomic mass is 79.9. The molecule has 0 bridgehead atoms. The van der Waals surface area contributed by atoms with Gasteiger partial charge in [0.25, 0.3) is 0 Å². The minimum absolute atomic E-state index is 0.113. The third-order valence-corrected chi connectivity index (χ3v) is 4.10. The van der Waals surface area contributed by atoms with Crippen molar-refractivity contribution in [2.75, 3.05) is 12.8 Å². The van der Waals surface area contributed by atoms with Gasteiger partial charge in [0.1, 0.15) is 5.76 Å². The third-order valence-electron chi connectivity index (χ3n) is 2.93. The molecule has 2 nitrogen and oxygen atoms in total. The summed E-state index contributed by atoms with van der Waals surface area (Å²) in [4.78, 5) is 1.28. The molecule has 0 amide bonds. The molecule has 1 aromatic carbocycles. The third kappa shape index (κ3) is 3.88. The van der Waals surface area contributed by atoms with E-state index < -0.39 is 0 Å². The fraction of sp³-hybridized carbons (Fsp3) is 0.333. The van der Waals surface area contributed by atoms with Crippen molar-refractivity contribution in [3.8, 4) is 0 Å². The molecule has 0 fully saturated rings. The first-order valence-electron chi connectivity index (χ1n) is 6.37. The van der Waals surface area contributed by atoms with Gasteiger partial charge in [-0.15, -0.1) is 11.8 Å². The minimum atomic E-state index is 0.113. The molecule has 2 rings (SSSR count). The van der Waals surface area contributed by atoms with Crippen LogP contribution in [0.2, 0.25) is 0 Å². The smallest absolute Gasteiger partial charge is 0.169 e. The quantitative estimate of drug-likeness (QED) is 0.761. The standard InChI is InChI=1S/C15H18BrNOS/c1-3-10-17-15(13-8-9-14(16)18-13)11-4-6-12(19-2)7-5-11/h4-9,15,17H,3,10H2,1-2H3. The normalized spacial score (nSPS) is 12.6. The second-order valence-electron chi connectivity index (χ2n) is 4.30. The molecule has 0 saturated heterocycles. The Kier molecular flexibility index (Phi) is 5.55. The van der Waals surface area contributed by atoms with Gasteiger partial charge in [-0.25, -0.2) is 0 Å². The molecule has 0 spiro atoms. The lowest BCUT2D eigenvalue weighted by atomic mass is 10.0. The maximum absolute atomic E-state index is 5.70. The number of rotatable bonds is 6. The lowest BCUT2D eigenvalue weighted by Crippen LogP contribution is -2.22. The Balaban J connectivity index is 2.25. The zero-order valence-electron chi connectivity index (χ0n) is 11.2. The Morgan fingerprint density at radius 1 is 1.21 bits per heavy atom. The molecule has 1 heterocycles. The summed E-state index contributed by atoms with van der Waals surface area (Å²) < 4.78 is 6.47. The van der Waals surface area contributed by atoms with Gasteiger partial charge < -0.3 is 9.73 Å². The first-order valence-corrected chi connectivity index (χ1v) is 8.39. The lowest BCUT2D eigenvalue weighted by molar-refractivity contribution is 0.433. The highest BCUT2D eigenvalue weighted by Gasteiger charge is 2.16. The van der Waals surface area contributed by atoms with E-state index in [1.54, 1.807) is 11.8 Å². The SMILES string of the molecule is CCCNC(c1ccc(SC)cc1)c1ccc(Br)o1. The van der Waals surface area contributed by atoms with Crippen LogP contribution in [0.1, 0.15) is 30.7 Å². The Hall–Kier alpha value is -0.710. The van der Waals surface area contributed by atoms with Crippen molar-refractivity contribution in [1.82, 2.24) is 5.32 Å². The van der Waals surface area contributed by atoms with E-state index in [2.05, 4.69) is 58.7 Å². The molecular weight excluding hydrogens is 322 g/mol. The average molecular weight is 340 g/mol. The molecular formula is C15H18BrNOS. The number of benzene rings is 1. The first-order chi connectivity index (χ1) is 9.24. The number of hydrogen-bond acceptors (Lipinski definition) is 3. The average Bonchev–Trinajstić information content (AvgIpc) is 2.86. The fourth-order valence-corrected chi connectivity index (χ4v) is 2.68. The summed E-state index contributed by atoms with van der Waals surface area (Å²) in [5.74, 6) is 0.942. The van der Waals surface area contributed by atoms with Gasteiger partial charge in [0, 0.05) is 4.90 Å². The Labute approximate surface area is 127 Å². The highest BCUT2D eigenvalue weighted by Crippen LogP contribution is 2.27. The Bertz CT molecular complexity index is 509. The number of thioether (sulfide) groups is 1. The summed E-state index contributed by atoms with van der Waals surface area (Å²) in [5.41, 5.74) is 1.23. The van der Waals surface area contributed by atoms with E-state index in [1.165, 1.54) is 10.5 Å². The monoisotopic (exact) mass is 339 g/mol. The molecule has 0 aliphatic rings. The van der Waals surface area contributed by atoms with E-state index in [0.717, 1.165) is 23.4 Å². The Morgan fingerprint density at radius 2 is 1.95 bits per heavy atom. The van der Waals surface area contributed by atoms with Crippen LogP contribution in [0.25, 0.3) is 0 Å². The van der Waals surface area contributed by atoms with Crippen LogP contribution in [0.3, 0.4) is 0 Å². The fourth-order valence-electron chi connectivity index (χ4n) is 1.95. The van der Waals surface area contributed by atoms with Crippen LogP contribution in [0.5, 0.6) is 0 Å².